The van der Waals surface area contributed by atoms with E-state index in [0.29, 0.717) is 18.8 Å². The molecule has 0 aromatic carbocycles. The van der Waals surface area contributed by atoms with E-state index in [1.807, 2.05) is 0 Å². The summed E-state index contributed by atoms with van der Waals surface area (Å²) in [6.45, 7) is 4.12. The number of nitrogens with zero attached hydrogens (tertiary/aromatic N) is 2. The molecule has 0 radical (unpaired) electrons. The Morgan fingerprint density at radius 1 is 1.48 bits per heavy atom. The van der Waals surface area contributed by atoms with Gasteiger partial charge in [0.05, 0.1) is 12.0 Å². The molecule has 6 nitrogen and oxygen atoms in total. The van der Waals surface area contributed by atoms with Gasteiger partial charge in [-0.15, -0.1) is 0 Å². The van der Waals surface area contributed by atoms with E-state index in [1.165, 1.54) is 4.90 Å². The highest BCUT2D eigenvalue weighted by Crippen LogP contribution is 2.34. The van der Waals surface area contributed by atoms with Gasteiger partial charge in [-0.2, -0.15) is 5.26 Å². The first-order valence-electron chi connectivity index (χ1n) is 7.51. The molecular weight excluding hydrogens is 270 g/mol. The second-order valence-electron chi connectivity index (χ2n) is 6.08. The largest absolute Gasteiger partial charge is 0.480 e. The van der Waals surface area contributed by atoms with Crippen molar-refractivity contribution in [3.8, 4) is 6.07 Å². The van der Waals surface area contributed by atoms with Crippen LogP contribution in [0.1, 0.15) is 46.0 Å². The Morgan fingerprint density at radius 3 is 2.48 bits per heavy atom. The van der Waals surface area contributed by atoms with Crippen molar-refractivity contribution in [2.75, 3.05) is 13.6 Å². The molecule has 0 heterocycles. The predicted molar refractivity (Wildman–Crippen MR) is 78.6 cm³/mol. The first kappa shape index (κ1) is 17.3. The molecular formula is C15H25N3O3. The van der Waals surface area contributed by atoms with E-state index in [4.69, 9.17) is 5.26 Å². The molecule has 2 amide bonds. The molecule has 21 heavy (non-hydrogen) atoms. The fourth-order valence-electron chi connectivity index (χ4n) is 2.81. The van der Waals surface area contributed by atoms with Crippen LogP contribution in [0.4, 0.5) is 4.79 Å². The van der Waals surface area contributed by atoms with Gasteiger partial charge in [-0.05, 0) is 38.5 Å². The predicted octanol–water partition coefficient (Wildman–Crippen LogP) is 2.21. The van der Waals surface area contributed by atoms with E-state index < -0.39 is 17.5 Å². The highest BCUT2D eigenvalue weighted by Gasteiger charge is 2.43. The monoisotopic (exact) mass is 295 g/mol. The zero-order valence-corrected chi connectivity index (χ0v) is 13.1. The molecule has 0 saturated heterocycles. The third kappa shape index (κ3) is 4.35. The fourth-order valence-corrected chi connectivity index (χ4v) is 2.81. The minimum atomic E-state index is -1.16. The highest BCUT2D eigenvalue weighted by molar-refractivity contribution is 5.86. The molecule has 1 unspecified atom stereocenters. The molecule has 118 valence electrons. The number of carbonyl (C=O) groups is 2. The fraction of sp³-hybridized carbons (Fsp3) is 0.800. The highest BCUT2D eigenvalue weighted by atomic mass is 16.4. The van der Waals surface area contributed by atoms with Crippen molar-refractivity contribution in [2.24, 2.45) is 11.8 Å². The van der Waals surface area contributed by atoms with E-state index in [2.05, 4.69) is 18.3 Å². The standard InChI is InChI=1S/C15H25N3O3/c1-4-12-5-7-15(8-6-12,13(19)20)17-14(21)18(3)10-11(2)9-16/h11-12H,4-8,10H2,1-3H3,(H,17,21)(H,19,20). The summed E-state index contributed by atoms with van der Waals surface area (Å²) in [5, 5.41) is 21.0. The van der Waals surface area contributed by atoms with Crippen molar-refractivity contribution >= 4 is 12.0 Å². The van der Waals surface area contributed by atoms with Crippen LogP contribution in [0.25, 0.3) is 0 Å². The second kappa shape index (κ2) is 7.30. The number of hydrogen-bond acceptors (Lipinski definition) is 3. The summed E-state index contributed by atoms with van der Waals surface area (Å²) in [4.78, 5) is 25.2. The number of carboxylic acids is 1. The van der Waals surface area contributed by atoms with Crippen molar-refractivity contribution in [1.82, 2.24) is 10.2 Å². The van der Waals surface area contributed by atoms with Gasteiger partial charge in [-0.25, -0.2) is 9.59 Å². The third-order valence-electron chi connectivity index (χ3n) is 4.41. The summed E-state index contributed by atoms with van der Waals surface area (Å²) in [6, 6.07) is 1.64. The molecule has 1 aliphatic rings. The number of carboxylic acid groups (broad SMARTS) is 1. The summed E-state index contributed by atoms with van der Waals surface area (Å²) in [7, 11) is 1.58. The van der Waals surface area contributed by atoms with Gasteiger partial charge in [-0.3, -0.25) is 0 Å². The number of rotatable bonds is 5. The van der Waals surface area contributed by atoms with Crippen LogP contribution in [0.2, 0.25) is 0 Å². The van der Waals surface area contributed by atoms with Gasteiger partial charge in [0.2, 0.25) is 0 Å². The summed E-state index contributed by atoms with van der Waals surface area (Å²) < 4.78 is 0. The summed E-state index contributed by atoms with van der Waals surface area (Å²) in [5.74, 6) is -0.699. The zero-order chi connectivity index (χ0) is 16.0. The van der Waals surface area contributed by atoms with Gasteiger partial charge in [0.1, 0.15) is 5.54 Å². The summed E-state index contributed by atoms with van der Waals surface area (Å²) >= 11 is 0. The molecule has 0 bridgehead atoms. The van der Waals surface area contributed by atoms with Crippen molar-refractivity contribution in [3.63, 3.8) is 0 Å². The molecule has 1 rings (SSSR count). The number of nitriles is 1. The first-order valence-corrected chi connectivity index (χ1v) is 7.51. The molecule has 2 N–H and O–H groups in total. The van der Waals surface area contributed by atoms with Gasteiger partial charge in [0.25, 0.3) is 0 Å². The summed E-state index contributed by atoms with van der Waals surface area (Å²) in [5.41, 5.74) is -1.16. The maximum absolute atomic E-state index is 12.2. The van der Waals surface area contributed by atoms with Crippen molar-refractivity contribution in [1.29, 1.82) is 5.26 Å². The van der Waals surface area contributed by atoms with Crippen molar-refractivity contribution in [2.45, 2.75) is 51.5 Å². The number of amides is 2. The number of aliphatic carboxylic acids is 1. The van der Waals surface area contributed by atoms with Crippen LogP contribution in [0, 0.1) is 23.2 Å². The van der Waals surface area contributed by atoms with Gasteiger partial charge >= 0.3 is 12.0 Å². The van der Waals surface area contributed by atoms with Crippen LogP contribution in [0.5, 0.6) is 0 Å². The minimum absolute atomic E-state index is 0.280. The first-order chi connectivity index (χ1) is 9.84. The number of carbonyl (C=O) groups excluding carboxylic acids is 1. The molecule has 1 atom stereocenters. The van der Waals surface area contributed by atoms with Gasteiger partial charge in [0.15, 0.2) is 0 Å². The van der Waals surface area contributed by atoms with Crippen molar-refractivity contribution in [3.05, 3.63) is 0 Å². The quantitative estimate of drug-likeness (QED) is 0.813. The summed E-state index contributed by atoms with van der Waals surface area (Å²) in [6.07, 6.45) is 3.62. The molecule has 0 aromatic rings. The molecule has 0 spiro atoms. The smallest absolute Gasteiger partial charge is 0.329 e. The van der Waals surface area contributed by atoms with Gasteiger partial charge in [0, 0.05) is 13.6 Å². The van der Waals surface area contributed by atoms with E-state index in [-0.39, 0.29) is 12.5 Å². The Labute approximate surface area is 126 Å². The SMILES string of the molecule is CCC1CCC(NC(=O)N(C)CC(C)C#N)(C(=O)O)CC1. The van der Waals surface area contributed by atoms with E-state index >= 15 is 0 Å². The van der Waals surface area contributed by atoms with Crippen LogP contribution in [-0.4, -0.2) is 41.1 Å². The van der Waals surface area contributed by atoms with E-state index in [0.717, 1.165) is 19.3 Å². The Bertz CT molecular complexity index is 422. The molecule has 1 aliphatic carbocycles. The van der Waals surface area contributed by atoms with Crippen LogP contribution in [0.15, 0.2) is 0 Å². The Balaban J connectivity index is 2.69. The van der Waals surface area contributed by atoms with Gasteiger partial charge in [-0.1, -0.05) is 13.3 Å². The lowest BCUT2D eigenvalue weighted by Crippen LogP contribution is -2.59. The normalized spacial score (nSPS) is 26.5. The minimum Gasteiger partial charge on any atom is -0.480 e. The lowest BCUT2D eigenvalue weighted by molar-refractivity contribution is -0.146. The number of nitrogens with one attached hydrogen (secondary N) is 1. The van der Waals surface area contributed by atoms with E-state index in [1.54, 1.807) is 14.0 Å². The zero-order valence-electron chi connectivity index (χ0n) is 13.1. The second-order valence-corrected chi connectivity index (χ2v) is 6.08. The Kier molecular flexibility index (Phi) is 6.01. The maximum atomic E-state index is 12.2. The lowest BCUT2D eigenvalue weighted by atomic mass is 9.75. The lowest BCUT2D eigenvalue weighted by Gasteiger charge is -2.38. The average molecular weight is 295 g/mol. The van der Waals surface area contributed by atoms with Crippen LogP contribution in [-0.2, 0) is 4.79 Å². The van der Waals surface area contributed by atoms with Crippen LogP contribution >= 0.6 is 0 Å². The van der Waals surface area contributed by atoms with Crippen molar-refractivity contribution < 1.29 is 14.7 Å². The Hall–Kier alpha value is -1.77. The van der Waals surface area contributed by atoms with Crippen LogP contribution < -0.4 is 5.32 Å². The molecule has 0 aliphatic heterocycles. The maximum Gasteiger partial charge on any atom is 0.329 e. The topological polar surface area (TPSA) is 93.4 Å². The Morgan fingerprint density at radius 2 is 2.05 bits per heavy atom. The number of hydrogen-bond donors (Lipinski definition) is 2. The van der Waals surface area contributed by atoms with Crippen LogP contribution in [0.3, 0.4) is 0 Å². The number of urea groups is 1. The molecule has 6 heteroatoms. The van der Waals surface area contributed by atoms with Gasteiger partial charge < -0.3 is 15.3 Å². The average Bonchev–Trinajstić information content (AvgIpc) is 2.47. The van der Waals surface area contributed by atoms with E-state index in [9.17, 15) is 14.7 Å². The third-order valence-corrected chi connectivity index (χ3v) is 4.41. The molecule has 0 aromatic heterocycles. The molecule has 1 fully saturated rings. The molecule has 1 saturated carbocycles.